The third-order valence-corrected chi connectivity index (χ3v) is 5.96. The van der Waals surface area contributed by atoms with Crippen molar-refractivity contribution in [2.24, 2.45) is 0 Å². The molecule has 2 aromatic carbocycles. The van der Waals surface area contributed by atoms with Gasteiger partial charge in [-0.3, -0.25) is 14.6 Å². The molecule has 0 bridgehead atoms. The number of ketones is 1. The third kappa shape index (κ3) is 3.50. The average Bonchev–Trinajstić information content (AvgIpc) is 3.34. The van der Waals surface area contributed by atoms with Crippen LogP contribution >= 0.6 is 15.9 Å². The number of hydrogen-bond donors (Lipinski definition) is 1. The van der Waals surface area contributed by atoms with E-state index in [2.05, 4.69) is 20.9 Å². The largest absolute Gasteiger partial charge is 0.503 e. The molecule has 0 fully saturated rings. The predicted octanol–water partition coefficient (Wildman–Crippen LogP) is 5.37. The molecular formula is C25H17BrN2O4. The standard InChI is InChI=1S/C25H17BrN2O4/c26-18-6-3-5-17(12-18)22-21(23(29)20-13-16-4-1-2-7-19(16)32-20)24(30)25(31)28(22)14-15-8-10-27-11-9-15/h1-13,22,30H,14H2. The minimum absolute atomic E-state index is 0.00112. The van der Waals surface area contributed by atoms with Crippen LogP contribution in [-0.2, 0) is 11.3 Å². The van der Waals surface area contributed by atoms with E-state index >= 15 is 0 Å². The van der Waals surface area contributed by atoms with Crippen molar-refractivity contribution in [2.45, 2.75) is 12.6 Å². The highest BCUT2D eigenvalue weighted by Crippen LogP contribution is 2.41. The number of Topliss-reactive ketones (excluding diaryl/α,β-unsaturated/α-hetero) is 1. The summed E-state index contributed by atoms with van der Waals surface area (Å²) in [6.07, 6.45) is 3.27. The Morgan fingerprint density at radius 2 is 1.84 bits per heavy atom. The van der Waals surface area contributed by atoms with E-state index in [1.807, 2.05) is 42.5 Å². The van der Waals surface area contributed by atoms with E-state index in [0.717, 1.165) is 15.4 Å². The number of furan rings is 1. The van der Waals surface area contributed by atoms with Gasteiger partial charge in [-0.1, -0.05) is 46.3 Å². The Kier molecular flexibility index (Phi) is 5.11. The molecule has 6 nitrogen and oxygen atoms in total. The number of amides is 1. The van der Waals surface area contributed by atoms with Crippen LogP contribution in [0, 0.1) is 0 Å². The second kappa shape index (κ2) is 8.09. The lowest BCUT2D eigenvalue weighted by Crippen LogP contribution is -2.30. The summed E-state index contributed by atoms with van der Waals surface area (Å²) >= 11 is 3.46. The highest BCUT2D eigenvalue weighted by molar-refractivity contribution is 9.10. The first-order valence-electron chi connectivity index (χ1n) is 9.94. The van der Waals surface area contributed by atoms with Crippen LogP contribution in [0.2, 0.25) is 0 Å². The summed E-state index contributed by atoms with van der Waals surface area (Å²) in [6.45, 7) is 0.208. The predicted molar refractivity (Wildman–Crippen MR) is 122 cm³/mol. The van der Waals surface area contributed by atoms with Crippen molar-refractivity contribution in [3.05, 3.63) is 112 Å². The number of fused-ring (bicyclic) bond motifs is 1. The molecule has 158 valence electrons. The number of benzene rings is 2. The number of carbonyl (C=O) groups excluding carboxylic acids is 2. The number of carbonyl (C=O) groups is 2. The molecule has 32 heavy (non-hydrogen) atoms. The SMILES string of the molecule is O=C(C1=C(O)C(=O)N(Cc2ccncc2)C1c1cccc(Br)c1)c1cc2ccccc2o1. The van der Waals surface area contributed by atoms with Crippen molar-refractivity contribution in [3.63, 3.8) is 0 Å². The van der Waals surface area contributed by atoms with E-state index in [1.165, 1.54) is 4.90 Å². The second-order valence-corrected chi connectivity index (χ2v) is 8.40. The Bertz CT molecular complexity index is 1340. The summed E-state index contributed by atoms with van der Waals surface area (Å²) in [5.74, 6) is -1.61. The van der Waals surface area contributed by atoms with Crippen LogP contribution in [0.3, 0.4) is 0 Å². The van der Waals surface area contributed by atoms with Gasteiger partial charge in [0.2, 0.25) is 5.78 Å². The molecule has 0 radical (unpaired) electrons. The lowest BCUT2D eigenvalue weighted by molar-refractivity contribution is -0.130. The first-order valence-corrected chi connectivity index (χ1v) is 10.7. The molecule has 1 amide bonds. The summed E-state index contributed by atoms with van der Waals surface area (Å²) in [6, 6.07) is 19.1. The van der Waals surface area contributed by atoms with Crippen LogP contribution < -0.4 is 0 Å². The Labute approximate surface area is 191 Å². The normalized spacial score (nSPS) is 16.2. The molecule has 0 saturated heterocycles. The van der Waals surface area contributed by atoms with Crippen LogP contribution in [0.1, 0.15) is 27.7 Å². The zero-order valence-electron chi connectivity index (χ0n) is 16.7. The molecule has 3 heterocycles. The molecule has 1 aliphatic rings. The summed E-state index contributed by atoms with van der Waals surface area (Å²) < 4.78 is 6.54. The first kappa shape index (κ1) is 20.2. The number of para-hydroxylation sites is 1. The monoisotopic (exact) mass is 488 g/mol. The van der Waals surface area contributed by atoms with Gasteiger partial charge in [0.15, 0.2) is 11.5 Å². The fourth-order valence-corrected chi connectivity index (χ4v) is 4.40. The van der Waals surface area contributed by atoms with E-state index < -0.39 is 23.5 Å². The van der Waals surface area contributed by atoms with Gasteiger partial charge in [0.05, 0.1) is 11.6 Å². The van der Waals surface area contributed by atoms with Gasteiger partial charge in [-0.25, -0.2) is 0 Å². The summed E-state index contributed by atoms with van der Waals surface area (Å²) in [4.78, 5) is 32.1. The minimum Gasteiger partial charge on any atom is -0.503 e. The zero-order chi connectivity index (χ0) is 22.2. The zero-order valence-corrected chi connectivity index (χ0v) is 18.3. The molecule has 0 saturated carbocycles. The highest BCUT2D eigenvalue weighted by atomic mass is 79.9. The van der Waals surface area contributed by atoms with Crippen molar-refractivity contribution in [3.8, 4) is 0 Å². The van der Waals surface area contributed by atoms with E-state index in [-0.39, 0.29) is 17.9 Å². The van der Waals surface area contributed by atoms with E-state index in [0.29, 0.717) is 11.1 Å². The number of aliphatic hydroxyl groups excluding tert-OH is 1. The van der Waals surface area contributed by atoms with Crippen LogP contribution in [0.4, 0.5) is 0 Å². The molecule has 1 N–H and O–H groups in total. The van der Waals surface area contributed by atoms with Gasteiger partial charge in [-0.05, 0) is 47.5 Å². The number of pyridine rings is 1. The van der Waals surface area contributed by atoms with Crippen molar-refractivity contribution in [2.75, 3.05) is 0 Å². The minimum atomic E-state index is -0.770. The second-order valence-electron chi connectivity index (χ2n) is 7.49. The van der Waals surface area contributed by atoms with Crippen molar-refractivity contribution in [1.82, 2.24) is 9.88 Å². The van der Waals surface area contributed by atoms with Crippen molar-refractivity contribution < 1.29 is 19.1 Å². The molecular weight excluding hydrogens is 472 g/mol. The van der Waals surface area contributed by atoms with Crippen LogP contribution in [0.5, 0.6) is 0 Å². The number of aliphatic hydroxyl groups is 1. The van der Waals surface area contributed by atoms with E-state index in [1.54, 1.807) is 36.7 Å². The maximum Gasteiger partial charge on any atom is 0.290 e. The fraction of sp³-hybridized carbons (Fsp3) is 0.0800. The van der Waals surface area contributed by atoms with Gasteiger partial charge in [-0.2, -0.15) is 0 Å². The van der Waals surface area contributed by atoms with Crippen LogP contribution in [-0.4, -0.2) is 26.7 Å². The van der Waals surface area contributed by atoms with E-state index in [9.17, 15) is 14.7 Å². The van der Waals surface area contributed by atoms with Gasteiger partial charge >= 0.3 is 0 Å². The van der Waals surface area contributed by atoms with E-state index in [4.69, 9.17) is 4.42 Å². The quantitative estimate of drug-likeness (QED) is 0.381. The molecule has 1 aliphatic heterocycles. The van der Waals surface area contributed by atoms with Crippen LogP contribution in [0.15, 0.2) is 99.3 Å². The number of rotatable bonds is 5. The Hall–Kier alpha value is -3.71. The summed E-state index contributed by atoms with van der Waals surface area (Å²) in [7, 11) is 0. The van der Waals surface area contributed by atoms with Crippen molar-refractivity contribution in [1.29, 1.82) is 0 Å². The van der Waals surface area contributed by atoms with Gasteiger partial charge in [-0.15, -0.1) is 0 Å². The summed E-state index contributed by atoms with van der Waals surface area (Å²) in [5, 5.41) is 11.6. The molecule has 5 rings (SSSR count). The molecule has 4 aromatic rings. The number of halogens is 1. The lowest BCUT2D eigenvalue weighted by atomic mass is 9.95. The van der Waals surface area contributed by atoms with Gasteiger partial charge in [0, 0.05) is 28.8 Å². The molecule has 0 aliphatic carbocycles. The third-order valence-electron chi connectivity index (χ3n) is 5.46. The Balaban J connectivity index is 1.61. The lowest BCUT2D eigenvalue weighted by Gasteiger charge is -2.27. The van der Waals surface area contributed by atoms with Crippen LogP contribution in [0.25, 0.3) is 11.0 Å². The first-order chi connectivity index (χ1) is 15.5. The smallest absolute Gasteiger partial charge is 0.290 e. The highest BCUT2D eigenvalue weighted by Gasteiger charge is 2.44. The Morgan fingerprint density at radius 1 is 1.06 bits per heavy atom. The van der Waals surface area contributed by atoms with Gasteiger partial charge < -0.3 is 14.4 Å². The number of aromatic nitrogens is 1. The molecule has 7 heteroatoms. The average molecular weight is 489 g/mol. The van der Waals surface area contributed by atoms with Crippen molar-refractivity contribution >= 4 is 38.6 Å². The summed E-state index contributed by atoms with van der Waals surface area (Å²) in [5.41, 5.74) is 2.10. The number of hydrogen-bond acceptors (Lipinski definition) is 5. The van der Waals surface area contributed by atoms with Gasteiger partial charge in [0.1, 0.15) is 5.58 Å². The maximum atomic E-state index is 13.5. The molecule has 0 spiro atoms. The Morgan fingerprint density at radius 3 is 2.59 bits per heavy atom. The molecule has 1 unspecified atom stereocenters. The maximum absolute atomic E-state index is 13.5. The topological polar surface area (TPSA) is 83.6 Å². The van der Waals surface area contributed by atoms with Gasteiger partial charge in [0.25, 0.3) is 5.91 Å². The number of nitrogens with zero attached hydrogens (tertiary/aromatic N) is 2. The fourth-order valence-electron chi connectivity index (χ4n) is 3.98. The molecule has 2 aromatic heterocycles. The molecule has 1 atom stereocenters.